The van der Waals surface area contributed by atoms with Gasteiger partial charge in [-0.25, -0.2) is 14.2 Å². The summed E-state index contributed by atoms with van der Waals surface area (Å²) in [4.78, 5) is 21.0. The lowest BCUT2D eigenvalue weighted by Crippen LogP contribution is -2.49. The Hall–Kier alpha value is -2.63. The molecule has 0 amide bonds. The molecule has 4 heterocycles. The molecule has 1 unspecified atom stereocenters. The lowest BCUT2D eigenvalue weighted by atomic mass is 10.2. The molecule has 2 aliphatic heterocycles. The SMILES string of the molecule is O=c1cc(NCC(O)CN2CCN(c3nccc4c3C=CC=I4)CC2)c2cc(F)ccc2o1. The van der Waals surface area contributed by atoms with E-state index in [9.17, 15) is 14.3 Å². The van der Waals surface area contributed by atoms with Crippen molar-refractivity contribution in [2.45, 2.75) is 6.10 Å². The number of aliphatic hydroxyl groups is 1. The molecule has 0 bridgehead atoms. The van der Waals surface area contributed by atoms with Gasteiger partial charge in [0.2, 0.25) is 0 Å². The second-order valence-corrected chi connectivity index (χ2v) is 10.6. The molecule has 1 saturated heterocycles. The van der Waals surface area contributed by atoms with Gasteiger partial charge < -0.3 is 19.7 Å². The van der Waals surface area contributed by atoms with Crippen LogP contribution in [0.2, 0.25) is 0 Å². The molecule has 7 nitrogen and oxygen atoms in total. The Kier molecular flexibility index (Phi) is 6.52. The molecule has 3 aromatic rings. The summed E-state index contributed by atoms with van der Waals surface area (Å²) in [7, 11) is 0. The third-order valence-corrected chi connectivity index (χ3v) is 8.19. The third-order valence-electron chi connectivity index (χ3n) is 5.81. The minimum atomic E-state index is -0.641. The fourth-order valence-electron chi connectivity index (χ4n) is 4.19. The summed E-state index contributed by atoms with van der Waals surface area (Å²) in [6, 6.07) is 7.41. The van der Waals surface area contributed by atoms with E-state index in [1.54, 1.807) is 0 Å². The van der Waals surface area contributed by atoms with Crippen LogP contribution in [0.1, 0.15) is 5.56 Å². The second kappa shape index (κ2) is 9.70. The zero-order valence-electron chi connectivity index (χ0n) is 17.9. The molecule has 2 aliphatic rings. The van der Waals surface area contributed by atoms with E-state index < -0.39 is 17.5 Å². The Morgan fingerprint density at radius 2 is 2.06 bits per heavy atom. The van der Waals surface area contributed by atoms with Gasteiger partial charge in [-0.1, -0.05) is 26.8 Å². The number of aromatic nitrogens is 1. The zero-order valence-corrected chi connectivity index (χ0v) is 20.0. The van der Waals surface area contributed by atoms with E-state index in [0.717, 1.165) is 32.0 Å². The lowest BCUT2D eigenvalue weighted by molar-refractivity contribution is 0.118. The summed E-state index contributed by atoms with van der Waals surface area (Å²) < 4.78 is 22.5. The van der Waals surface area contributed by atoms with Crippen molar-refractivity contribution >= 4 is 53.3 Å². The maximum absolute atomic E-state index is 13.7. The van der Waals surface area contributed by atoms with Crippen LogP contribution in [0.15, 0.2) is 51.8 Å². The van der Waals surface area contributed by atoms with Crippen molar-refractivity contribution in [1.82, 2.24) is 9.88 Å². The molecule has 2 N–H and O–H groups in total. The van der Waals surface area contributed by atoms with Crippen LogP contribution >= 0.6 is 20.7 Å². The highest BCUT2D eigenvalue weighted by Gasteiger charge is 2.22. The monoisotopic (exact) mass is 562 g/mol. The van der Waals surface area contributed by atoms with Crippen LogP contribution in [-0.4, -0.2) is 64.4 Å². The van der Waals surface area contributed by atoms with Crippen molar-refractivity contribution in [2.24, 2.45) is 0 Å². The topological polar surface area (TPSA) is 81.8 Å². The molecule has 0 aliphatic carbocycles. The molecule has 2 aromatic heterocycles. The van der Waals surface area contributed by atoms with Crippen LogP contribution in [0.4, 0.5) is 15.9 Å². The van der Waals surface area contributed by atoms with Crippen molar-refractivity contribution in [2.75, 3.05) is 49.5 Å². The fraction of sp³-hybridized carbons (Fsp3) is 0.292. The van der Waals surface area contributed by atoms with Crippen LogP contribution in [-0.2, 0) is 0 Å². The number of pyridine rings is 1. The average Bonchev–Trinajstić information content (AvgIpc) is 2.83. The predicted octanol–water partition coefficient (Wildman–Crippen LogP) is 2.89. The number of nitrogens with zero attached hydrogens (tertiary/aromatic N) is 3. The standard InChI is InChI=1S/C24H24FIN4O3/c25-16-3-4-22-19(12-16)21(13-23(32)33-22)28-14-17(31)15-29-8-10-30(11-9-29)24-18-2-1-6-26-20(18)5-7-27-24/h1-7,12-13,17,28,31H,8-11,14-15H2. The maximum Gasteiger partial charge on any atom is 0.338 e. The minimum Gasteiger partial charge on any atom is -0.423 e. The normalized spacial score (nSPS) is 17.0. The lowest BCUT2D eigenvalue weighted by Gasteiger charge is -2.37. The van der Waals surface area contributed by atoms with Crippen LogP contribution in [0.25, 0.3) is 17.0 Å². The molecular formula is C24H24FIN4O3. The van der Waals surface area contributed by atoms with Gasteiger partial charge in [-0.3, -0.25) is 4.90 Å². The number of fused-ring (bicyclic) bond motifs is 2. The van der Waals surface area contributed by atoms with Crippen LogP contribution < -0.4 is 15.8 Å². The van der Waals surface area contributed by atoms with Gasteiger partial charge in [-0.15, -0.1) is 0 Å². The van der Waals surface area contributed by atoms with Gasteiger partial charge >= 0.3 is 5.63 Å². The number of nitrogens with one attached hydrogen (secondary N) is 1. The Balaban J connectivity index is 1.18. The first-order chi connectivity index (χ1) is 16.1. The number of halogens is 2. The van der Waals surface area contributed by atoms with E-state index in [-0.39, 0.29) is 27.3 Å². The molecule has 33 heavy (non-hydrogen) atoms. The third kappa shape index (κ3) is 4.99. The van der Waals surface area contributed by atoms with Gasteiger partial charge in [0, 0.05) is 66.1 Å². The number of anilines is 2. The van der Waals surface area contributed by atoms with Gasteiger partial charge in [0.1, 0.15) is 17.2 Å². The van der Waals surface area contributed by atoms with Crippen molar-refractivity contribution in [1.29, 1.82) is 0 Å². The molecule has 9 heteroatoms. The van der Waals surface area contributed by atoms with Gasteiger partial charge in [0.25, 0.3) is 0 Å². The van der Waals surface area contributed by atoms with Crippen LogP contribution in [0.5, 0.6) is 0 Å². The number of hydrogen-bond acceptors (Lipinski definition) is 7. The highest BCUT2D eigenvalue weighted by atomic mass is 127. The number of β-amino-alcohol motifs (C(OH)–C–C–N with tert-alkyl or cyclic N) is 1. The molecule has 0 spiro atoms. The number of benzene rings is 1. The van der Waals surface area contributed by atoms with Crippen molar-refractivity contribution < 1.29 is 13.9 Å². The molecule has 1 atom stereocenters. The largest absolute Gasteiger partial charge is 0.423 e. The van der Waals surface area contributed by atoms with E-state index >= 15 is 0 Å². The average molecular weight is 562 g/mol. The molecule has 5 rings (SSSR count). The molecular weight excluding hydrogens is 538 g/mol. The van der Waals surface area contributed by atoms with E-state index in [1.807, 2.05) is 6.20 Å². The number of hydrogen-bond donors (Lipinski definition) is 2. The molecule has 0 radical (unpaired) electrons. The first-order valence-electron chi connectivity index (χ1n) is 10.8. The number of rotatable bonds is 6. The smallest absolute Gasteiger partial charge is 0.338 e. The summed E-state index contributed by atoms with van der Waals surface area (Å²) in [5.74, 6) is 0.642. The van der Waals surface area contributed by atoms with Crippen molar-refractivity contribution in [3.63, 3.8) is 0 Å². The molecule has 1 fully saturated rings. The summed E-state index contributed by atoms with van der Waals surface area (Å²) >= 11 is -0.0804. The summed E-state index contributed by atoms with van der Waals surface area (Å²) in [5, 5.41) is 14.1. The van der Waals surface area contributed by atoms with E-state index in [2.05, 4.69) is 42.3 Å². The molecule has 172 valence electrons. The summed E-state index contributed by atoms with van der Waals surface area (Å²) in [6.07, 6.45) is 5.55. The van der Waals surface area contributed by atoms with E-state index in [4.69, 9.17) is 4.42 Å². The molecule has 1 aromatic carbocycles. The Bertz CT molecular complexity index is 1280. The van der Waals surface area contributed by atoms with Gasteiger partial charge in [0.05, 0.1) is 11.8 Å². The van der Waals surface area contributed by atoms with Crippen molar-refractivity contribution in [3.8, 4) is 0 Å². The zero-order chi connectivity index (χ0) is 22.8. The fourth-order valence-corrected chi connectivity index (χ4v) is 6.12. The number of aliphatic hydroxyl groups excluding tert-OH is 1. The summed E-state index contributed by atoms with van der Waals surface area (Å²) in [5.41, 5.74) is 1.50. The quantitative estimate of drug-likeness (QED) is 0.354. The van der Waals surface area contributed by atoms with Gasteiger partial charge in [0.15, 0.2) is 0 Å². The second-order valence-electron chi connectivity index (χ2n) is 8.07. The van der Waals surface area contributed by atoms with Crippen LogP contribution in [0.3, 0.4) is 0 Å². The Labute approximate surface area is 200 Å². The van der Waals surface area contributed by atoms with E-state index in [0.29, 0.717) is 23.2 Å². The predicted molar refractivity (Wildman–Crippen MR) is 138 cm³/mol. The summed E-state index contributed by atoms with van der Waals surface area (Å²) in [6.45, 7) is 4.11. The van der Waals surface area contributed by atoms with E-state index in [1.165, 1.54) is 33.4 Å². The first-order valence-corrected chi connectivity index (χ1v) is 13.1. The Morgan fingerprint density at radius 1 is 1.21 bits per heavy atom. The highest BCUT2D eigenvalue weighted by Crippen LogP contribution is 2.29. The minimum absolute atomic E-state index is 0.0804. The number of piperazine rings is 1. The first kappa shape index (κ1) is 22.2. The maximum atomic E-state index is 13.7. The van der Waals surface area contributed by atoms with Crippen molar-refractivity contribution in [3.05, 3.63) is 68.0 Å². The molecule has 0 saturated carbocycles. The van der Waals surface area contributed by atoms with Gasteiger partial charge in [-0.05, 0) is 34.4 Å². The van der Waals surface area contributed by atoms with Gasteiger partial charge in [-0.2, -0.15) is 0 Å². The highest BCUT2D eigenvalue weighted by molar-refractivity contribution is 14.2. The number of allylic oxidation sites excluding steroid dienone is 1. The Morgan fingerprint density at radius 3 is 2.91 bits per heavy atom. The van der Waals surface area contributed by atoms with Crippen LogP contribution in [0, 0.1) is 9.39 Å².